The number of rotatable bonds is 11. The van der Waals surface area contributed by atoms with Crippen LogP contribution < -0.4 is 10.9 Å². The molecule has 0 radical (unpaired) electrons. The molecule has 0 bridgehead atoms. The fourth-order valence-corrected chi connectivity index (χ4v) is 8.19. The van der Waals surface area contributed by atoms with Gasteiger partial charge in [-0.2, -0.15) is 4.31 Å². The molecule has 11 heteroatoms. The number of thiophene rings is 1. The first-order valence-corrected chi connectivity index (χ1v) is 14.8. The summed E-state index contributed by atoms with van der Waals surface area (Å²) < 4.78 is 30.0. The van der Waals surface area contributed by atoms with Gasteiger partial charge in [0.15, 0.2) is 0 Å². The number of piperidine rings is 1. The summed E-state index contributed by atoms with van der Waals surface area (Å²) in [7, 11) is -3.86. The summed E-state index contributed by atoms with van der Waals surface area (Å²) in [6, 6.07) is 0. The highest BCUT2D eigenvalue weighted by molar-refractivity contribution is 7.89. The quantitative estimate of drug-likeness (QED) is 0.484. The number of hydrogen-bond acceptors (Lipinski definition) is 7. The van der Waals surface area contributed by atoms with Gasteiger partial charge in [0, 0.05) is 31.1 Å². The number of sulfonamides is 1. The van der Waals surface area contributed by atoms with Crippen molar-refractivity contribution in [1.29, 1.82) is 0 Å². The smallest absolute Gasteiger partial charge is 0.263 e. The van der Waals surface area contributed by atoms with Gasteiger partial charge in [0.2, 0.25) is 15.9 Å². The average molecular weight is 526 g/mol. The van der Waals surface area contributed by atoms with E-state index < -0.39 is 15.6 Å². The van der Waals surface area contributed by atoms with Crippen molar-refractivity contribution in [2.45, 2.75) is 65.3 Å². The average Bonchev–Trinajstić information content (AvgIpc) is 3.14. The lowest BCUT2D eigenvalue weighted by molar-refractivity contribution is -0.121. The summed E-state index contributed by atoms with van der Waals surface area (Å²) in [5.41, 5.74) is -0.496. The molecule has 3 rings (SSSR count). The van der Waals surface area contributed by atoms with Crippen LogP contribution in [0, 0.1) is 18.8 Å². The van der Waals surface area contributed by atoms with E-state index in [2.05, 4.69) is 29.0 Å². The predicted octanol–water partition coefficient (Wildman–Crippen LogP) is 2.67. The fourth-order valence-electron chi connectivity index (χ4n) is 4.84. The summed E-state index contributed by atoms with van der Waals surface area (Å²) in [5.74, 6) is 0.209. The number of nitrogens with zero attached hydrogens (tertiary/aromatic N) is 4. The molecule has 0 saturated carbocycles. The van der Waals surface area contributed by atoms with E-state index in [1.165, 1.54) is 26.5 Å². The minimum absolute atomic E-state index is 0.0422. The zero-order chi connectivity index (χ0) is 25.8. The van der Waals surface area contributed by atoms with Gasteiger partial charge in [-0.05, 0) is 44.7 Å². The largest absolute Gasteiger partial charge is 0.353 e. The van der Waals surface area contributed by atoms with Gasteiger partial charge < -0.3 is 10.2 Å². The number of likely N-dealkylation sites (N-methyl/N-ethyl adjacent to an activating group) is 1. The number of amides is 1. The van der Waals surface area contributed by atoms with E-state index in [1.54, 1.807) is 6.92 Å². The van der Waals surface area contributed by atoms with Crippen LogP contribution in [0.2, 0.25) is 0 Å². The second-order valence-corrected chi connectivity index (χ2v) is 12.8. The number of hydrogen-bond donors (Lipinski definition) is 1. The van der Waals surface area contributed by atoms with Gasteiger partial charge in [-0.15, -0.1) is 11.3 Å². The van der Waals surface area contributed by atoms with Gasteiger partial charge in [-0.3, -0.25) is 14.2 Å². The molecule has 1 saturated heterocycles. The minimum atomic E-state index is -3.86. The van der Waals surface area contributed by atoms with Crippen molar-refractivity contribution in [3.05, 3.63) is 21.6 Å². The third-order valence-electron chi connectivity index (χ3n) is 6.57. The molecule has 0 aliphatic carbocycles. The van der Waals surface area contributed by atoms with Crippen molar-refractivity contribution < 1.29 is 13.2 Å². The molecular formula is C24H39N5O4S2. The molecule has 1 N–H and O–H groups in total. The Bertz CT molecular complexity index is 1180. The third-order valence-corrected chi connectivity index (χ3v) is 9.72. The standard InChI is InChI=1S/C24H39N5O4S2/c1-6-8-10-27(7-2)11-9-25-20(30)15-28-16-26-23-21(24(28)31)22(19(5)34-23)35(32,33)29-13-17(3)12-18(4)14-29/h16-18H,6-15H2,1-5H3,(H,25,30). The van der Waals surface area contributed by atoms with E-state index in [4.69, 9.17) is 0 Å². The van der Waals surface area contributed by atoms with Crippen molar-refractivity contribution in [1.82, 2.24) is 24.1 Å². The Morgan fingerprint density at radius 3 is 2.54 bits per heavy atom. The molecule has 2 unspecified atom stereocenters. The Hall–Kier alpha value is -1.82. The van der Waals surface area contributed by atoms with Gasteiger partial charge in [0.05, 0.1) is 11.7 Å². The minimum Gasteiger partial charge on any atom is -0.353 e. The van der Waals surface area contributed by atoms with Gasteiger partial charge in [0.25, 0.3) is 5.56 Å². The molecule has 9 nitrogen and oxygen atoms in total. The maximum absolute atomic E-state index is 13.6. The van der Waals surface area contributed by atoms with E-state index >= 15 is 0 Å². The second-order valence-electron chi connectivity index (χ2n) is 9.75. The molecule has 3 heterocycles. The molecule has 1 fully saturated rings. The van der Waals surface area contributed by atoms with Crippen LogP contribution in [-0.4, -0.2) is 72.3 Å². The van der Waals surface area contributed by atoms with Crippen LogP contribution in [0.5, 0.6) is 0 Å². The molecular weight excluding hydrogens is 486 g/mol. The van der Waals surface area contributed by atoms with Crippen LogP contribution in [0.25, 0.3) is 10.2 Å². The molecule has 2 aromatic rings. The molecule has 1 aliphatic heterocycles. The van der Waals surface area contributed by atoms with Crippen molar-refractivity contribution in [3.8, 4) is 0 Å². The maximum atomic E-state index is 13.6. The number of carbonyl (C=O) groups is 1. The molecule has 1 aliphatic rings. The highest BCUT2D eigenvalue weighted by atomic mass is 32.2. The van der Waals surface area contributed by atoms with E-state index in [1.807, 2.05) is 13.8 Å². The molecule has 35 heavy (non-hydrogen) atoms. The first-order valence-electron chi connectivity index (χ1n) is 12.6. The second kappa shape index (κ2) is 11.9. The zero-order valence-corrected chi connectivity index (χ0v) is 23.2. The van der Waals surface area contributed by atoms with E-state index in [-0.39, 0.29) is 34.6 Å². The summed E-state index contributed by atoms with van der Waals surface area (Å²) in [5, 5.41) is 2.96. The number of fused-ring (bicyclic) bond motifs is 1. The van der Waals surface area contributed by atoms with Crippen LogP contribution in [0.15, 0.2) is 16.0 Å². The number of nitrogens with one attached hydrogen (secondary N) is 1. The lowest BCUT2D eigenvalue weighted by Gasteiger charge is -2.34. The van der Waals surface area contributed by atoms with Gasteiger partial charge in [0.1, 0.15) is 16.3 Å². The van der Waals surface area contributed by atoms with Crippen LogP contribution in [0.3, 0.4) is 0 Å². The van der Waals surface area contributed by atoms with Crippen LogP contribution in [-0.2, 0) is 21.4 Å². The Morgan fingerprint density at radius 1 is 1.23 bits per heavy atom. The molecule has 2 atom stereocenters. The molecule has 196 valence electrons. The van der Waals surface area contributed by atoms with Crippen molar-refractivity contribution in [2.24, 2.45) is 11.8 Å². The maximum Gasteiger partial charge on any atom is 0.263 e. The normalized spacial score (nSPS) is 19.5. The predicted molar refractivity (Wildman–Crippen MR) is 140 cm³/mol. The van der Waals surface area contributed by atoms with E-state index in [9.17, 15) is 18.0 Å². The number of aryl methyl sites for hydroxylation is 1. The summed E-state index contributed by atoms with van der Waals surface area (Å²) in [4.78, 5) is 33.5. The molecule has 0 spiro atoms. The third kappa shape index (κ3) is 6.49. The summed E-state index contributed by atoms with van der Waals surface area (Å²) in [6.07, 6.45) is 4.55. The fraction of sp³-hybridized carbons (Fsp3) is 0.708. The van der Waals surface area contributed by atoms with E-state index in [0.717, 1.165) is 38.9 Å². The SMILES string of the molecule is CCCCN(CC)CCNC(=O)Cn1cnc2sc(C)c(S(=O)(=O)N3CC(C)CC(C)C3)c2c1=O. The zero-order valence-electron chi connectivity index (χ0n) is 21.5. The first kappa shape index (κ1) is 27.8. The van der Waals surface area contributed by atoms with Gasteiger partial charge >= 0.3 is 0 Å². The highest BCUT2D eigenvalue weighted by Gasteiger charge is 2.35. The van der Waals surface area contributed by atoms with Crippen molar-refractivity contribution in [2.75, 3.05) is 39.3 Å². The Kier molecular flexibility index (Phi) is 9.47. The lowest BCUT2D eigenvalue weighted by atomic mass is 9.94. The number of carbonyl (C=O) groups excluding carboxylic acids is 1. The molecule has 2 aromatic heterocycles. The number of aromatic nitrogens is 2. The van der Waals surface area contributed by atoms with Crippen LogP contribution >= 0.6 is 11.3 Å². The van der Waals surface area contributed by atoms with Crippen molar-refractivity contribution >= 4 is 37.5 Å². The molecule has 1 amide bonds. The number of unbranched alkanes of at least 4 members (excludes halogenated alkanes) is 1. The highest BCUT2D eigenvalue weighted by Crippen LogP contribution is 2.35. The summed E-state index contributed by atoms with van der Waals surface area (Å²) in [6.45, 7) is 13.9. The van der Waals surface area contributed by atoms with E-state index in [0.29, 0.717) is 29.3 Å². The van der Waals surface area contributed by atoms with Crippen molar-refractivity contribution in [3.63, 3.8) is 0 Å². The summed E-state index contributed by atoms with van der Waals surface area (Å²) >= 11 is 1.20. The lowest BCUT2D eigenvalue weighted by Crippen LogP contribution is -2.43. The Balaban J connectivity index is 1.80. The first-order chi connectivity index (χ1) is 16.6. The van der Waals surface area contributed by atoms with Crippen LogP contribution in [0.1, 0.15) is 51.8 Å². The Labute approximate surface area is 212 Å². The van der Waals surface area contributed by atoms with Gasteiger partial charge in [-0.25, -0.2) is 13.4 Å². The Morgan fingerprint density at radius 2 is 1.91 bits per heavy atom. The monoisotopic (exact) mass is 525 g/mol. The topological polar surface area (TPSA) is 105 Å². The van der Waals surface area contributed by atoms with Gasteiger partial charge in [-0.1, -0.05) is 34.1 Å². The van der Waals surface area contributed by atoms with Crippen LogP contribution in [0.4, 0.5) is 0 Å². The molecule has 0 aromatic carbocycles.